The Bertz CT molecular complexity index is 1460. The van der Waals surface area contributed by atoms with Gasteiger partial charge in [0.15, 0.2) is 0 Å². The number of aromatic nitrogens is 2. The highest BCUT2D eigenvalue weighted by Crippen LogP contribution is 2.34. The van der Waals surface area contributed by atoms with E-state index in [0.29, 0.717) is 0 Å². The number of H-pyrrole nitrogens is 1. The van der Waals surface area contributed by atoms with Crippen molar-refractivity contribution in [2.75, 3.05) is 13.2 Å². The minimum atomic E-state index is -5.06. The van der Waals surface area contributed by atoms with E-state index in [-0.39, 0.29) is 35.6 Å². The van der Waals surface area contributed by atoms with Crippen molar-refractivity contribution in [1.82, 2.24) is 14.9 Å². The summed E-state index contributed by atoms with van der Waals surface area (Å²) in [6.45, 7) is 1.97. The molecule has 1 aliphatic heterocycles. The Balaban J connectivity index is 1.82. The molecule has 41 heavy (non-hydrogen) atoms. The normalized spacial score (nSPS) is 19.5. The van der Waals surface area contributed by atoms with Crippen LogP contribution in [0.1, 0.15) is 49.3 Å². The molecule has 0 bridgehead atoms. The minimum absolute atomic E-state index is 0.00756. The lowest BCUT2D eigenvalue weighted by Gasteiger charge is -2.22. The Morgan fingerprint density at radius 2 is 2.07 bits per heavy atom. The van der Waals surface area contributed by atoms with Gasteiger partial charge in [0, 0.05) is 24.2 Å². The van der Waals surface area contributed by atoms with Crippen molar-refractivity contribution in [3.05, 3.63) is 72.0 Å². The van der Waals surface area contributed by atoms with Gasteiger partial charge in [0.2, 0.25) is 0 Å². The number of aliphatic hydroxyl groups excluding tert-OH is 2. The number of carbonyl (C=O) groups excluding carboxylic acids is 1. The van der Waals surface area contributed by atoms with E-state index in [9.17, 15) is 47.9 Å². The lowest BCUT2D eigenvalue weighted by atomic mass is 9.96. The lowest BCUT2D eigenvalue weighted by Crippen LogP contribution is -2.36. The second kappa shape index (κ2) is 13.1. The number of nitro groups is 1. The second-order valence-corrected chi connectivity index (χ2v) is 9.42. The van der Waals surface area contributed by atoms with E-state index in [2.05, 4.69) is 16.8 Å². The standard InChI is InChI=1S/C25H27F3N4O9/c1-13(2)21(16-6-5-14(8-17(16)32(38)39)4-3-7-29-23(36)25(26,27)28)40-12-15-10-31(24(37)30-22(15)35)20-9-18(34)19(11-33)41-20/h5-6,8,10,13,18-21,33-34H,7,9,11-12H2,1-2H3,(H,29,36)(H,30,35,37)/t18?,19-,20-,21+/m0/s1. The number of nitrogens with one attached hydrogen (secondary N) is 2. The van der Waals surface area contributed by atoms with E-state index < -0.39 is 71.6 Å². The van der Waals surface area contributed by atoms with Crippen molar-refractivity contribution in [1.29, 1.82) is 0 Å². The molecule has 0 saturated carbocycles. The lowest BCUT2D eigenvalue weighted by molar-refractivity contribution is -0.386. The molecule has 1 aromatic carbocycles. The highest BCUT2D eigenvalue weighted by atomic mass is 19.4. The number of halogens is 3. The summed E-state index contributed by atoms with van der Waals surface area (Å²) in [5.74, 6) is 2.25. The summed E-state index contributed by atoms with van der Waals surface area (Å²) < 4.78 is 49.2. The number of hydrogen-bond acceptors (Lipinski definition) is 9. The average molecular weight is 585 g/mol. The third-order valence-corrected chi connectivity index (χ3v) is 6.12. The number of rotatable bonds is 9. The number of nitro benzene ring substituents is 1. The number of benzene rings is 1. The SMILES string of the molecule is CC(C)[C@@H](OCc1cn([C@@H]2CC(O)[C@H](CO)O2)c(=O)[nH]c1=O)c1ccc(C#CCNC(=O)C(F)(F)F)cc1[N+](=O)[O-]. The van der Waals surface area contributed by atoms with Crippen LogP contribution in [0.5, 0.6) is 0 Å². The minimum Gasteiger partial charge on any atom is -0.394 e. The van der Waals surface area contributed by atoms with Crippen molar-refractivity contribution < 1.29 is 42.6 Å². The summed E-state index contributed by atoms with van der Waals surface area (Å²) in [5, 5.41) is 32.7. The molecule has 0 aliphatic carbocycles. The first-order valence-corrected chi connectivity index (χ1v) is 12.3. The van der Waals surface area contributed by atoms with Gasteiger partial charge in [-0.2, -0.15) is 13.2 Å². The molecule has 1 amide bonds. The number of ether oxygens (including phenoxy) is 2. The number of alkyl halides is 3. The molecule has 4 N–H and O–H groups in total. The number of amides is 1. The number of aliphatic hydroxyl groups is 2. The van der Waals surface area contributed by atoms with E-state index in [4.69, 9.17) is 9.47 Å². The highest BCUT2D eigenvalue weighted by Gasteiger charge is 2.38. The highest BCUT2D eigenvalue weighted by molar-refractivity contribution is 5.81. The maximum absolute atomic E-state index is 12.5. The third kappa shape index (κ3) is 7.79. The van der Waals surface area contributed by atoms with Gasteiger partial charge >= 0.3 is 17.8 Å². The first-order valence-electron chi connectivity index (χ1n) is 12.3. The predicted molar refractivity (Wildman–Crippen MR) is 134 cm³/mol. The van der Waals surface area contributed by atoms with Gasteiger partial charge in [-0.25, -0.2) is 4.79 Å². The van der Waals surface area contributed by atoms with Crippen LogP contribution < -0.4 is 16.6 Å². The van der Waals surface area contributed by atoms with Gasteiger partial charge in [-0.15, -0.1) is 0 Å². The fourth-order valence-corrected chi connectivity index (χ4v) is 4.11. The zero-order chi connectivity index (χ0) is 30.5. The van der Waals surface area contributed by atoms with Crippen LogP contribution in [0.4, 0.5) is 18.9 Å². The Kier molecular flexibility index (Phi) is 10.0. The van der Waals surface area contributed by atoms with Crippen molar-refractivity contribution in [2.24, 2.45) is 5.92 Å². The Morgan fingerprint density at radius 3 is 2.66 bits per heavy atom. The quantitative estimate of drug-likeness (QED) is 0.190. The molecule has 4 atom stereocenters. The first-order chi connectivity index (χ1) is 19.2. The summed E-state index contributed by atoms with van der Waals surface area (Å²) in [6.07, 6.45) is -7.68. The van der Waals surface area contributed by atoms with E-state index >= 15 is 0 Å². The Morgan fingerprint density at radius 1 is 1.37 bits per heavy atom. The molecular formula is C25H27F3N4O9. The summed E-state index contributed by atoms with van der Waals surface area (Å²) in [4.78, 5) is 49.0. The van der Waals surface area contributed by atoms with Crippen molar-refractivity contribution in [3.8, 4) is 11.8 Å². The van der Waals surface area contributed by atoms with Crippen LogP contribution in [0.15, 0.2) is 34.0 Å². The number of aromatic amines is 1. The number of nitrogens with zero attached hydrogens (tertiary/aromatic N) is 2. The molecule has 1 unspecified atom stereocenters. The fourth-order valence-electron chi connectivity index (χ4n) is 4.11. The van der Waals surface area contributed by atoms with Crippen LogP contribution in [0.3, 0.4) is 0 Å². The van der Waals surface area contributed by atoms with Crippen LogP contribution >= 0.6 is 0 Å². The van der Waals surface area contributed by atoms with Crippen LogP contribution in [-0.4, -0.2) is 62.1 Å². The summed E-state index contributed by atoms with van der Waals surface area (Å²) in [6, 6.07) is 3.88. The van der Waals surface area contributed by atoms with Gasteiger partial charge in [0.25, 0.3) is 11.2 Å². The summed E-state index contributed by atoms with van der Waals surface area (Å²) in [5.41, 5.74) is -1.72. The van der Waals surface area contributed by atoms with Gasteiger partial charge in [0.1, 0.15) is 12.3 Å². The molecule has 0 spiro atoms. The summed E-state index contributed by atoms with van der Waals surface area (Å²) in [7, 11) is 0. The molecule has 2 heterocycles. The first kappa shape index (κ1) is 31.5. The molecule has 222 valence electrons. The van der Waals surface area contributed by atoms with Crippen molar-refractivity contribution in [3.63, 3.8) is 0 Å². The van der Waals surface area contributed by atoms with E-state index in [0.717, 1.165) is 10.6 Å². The van der Waals surface area contributed by atoms with Gasteiger partial charge in [0.05, 0.1) is 48.0 Å². The zero-order valence-electron chi connectivity index (χ0n) is 21.8. The molecule has 16 heteroatoms. The Labute approximate surface area is 230 Å². The molecule has 13 nitrogen and oxygen atoms in total. The molecule has 1 fully saturated rings. The van der Waals surface area contributed by atoms with E-state index in [1.165, 1.54) is 18.3 Å². The number of carbonyl (C=O) groups is 1. The zero-order valence-corrected chi connectivity index (χ0v) is 21.8. The van der Waals surface area contributed by atoms with E-state index in [1.54, 1.807) is 19.2 Å². The maximum Gasteiger partial charge on any atom is 0.471 e. The molecule has 3 rings (SSSR count). The maximum atomic E-state index is 12.5. The van der Waals surface area contributed by atoms with Crippen LogP contribution in [0.2, 0.25) is 0 Å². The fraction of sp³-hybridized carbons (Fsp3) is 0.480. The molecule has 1 saturated heterocycles. The molecule has 1 aliphatic rings. The molecule has 0 radical (unpaired) electrons. The van der Waals surface area contributed by atoms with Crippen LogP contribution in [0.25, 0.3) is 0 Å². The van der Waals surface area contributed by atoms with E-state index in [1.807, 2.05) is 0 Å². The monoisotopic (exact) mass is 584 g/mol. The predicted octanol–water partition coefficient (Wildman–Crippen LogP) is 1.03. The average Bonchev–Trinajstić information content (AvgIpc) is 3.27. The molecule has 1 aromatic heterocycles. The topological polar surface area (TPSA) is 186 Å². The summed E-state index contributed by atoms with van der Waals surface area (Å²) >= 11 is 0. The van der Waals surface area contributed by atoms with Crippen LogP contribution in [-0.2, 0) is 20.9 Å². The molecule has 2 aromatic rings. The molecular weight excluding hydrogens is 557 g/mol. The van der Waals surface area contributed by atoms with Crippen molar-refractivity contribution >= 4 is 11.6 Å². The third-order valence-electron chi connectivity index (χ3n) is 6.12. The van der Waals surface area contributed by atoms with Crippen molar-refractivity contribution in [2.45, 2.75) is 57.6 Å². The Hall–Kier alpha value is -4.04. The van der Waals surface area contributed by atoms with Gasteiger partial charge in [-0.05, 0) is 18.1 Å². The van der Waals surface area contributed by atoms with Gasteiger partial charge in [-0.3, -0.25) is 29.3 Å². The largest absolute Gasteiger partial charge is 0.471 e. The van der Waals surface area contributed by atoms with Gasteiger partial charge in [-0.1, -0.05) is 25.7 Å². The smallest absolute Gasteiger partial charge is 0.394 e. The number of hydrogen-bond donors (Lipinski definition) is 4. The van der Waals surface area contributed by atoms with Crippen LogP contribution in [0, 0.1) is 27.9 Å². The van der Waals surface area contributed by atoms with Gasteiger partial charge < -0.3 is 25.0 Å². The second-order valence-electron chi connectivity index (χ2n) is 9.42.